The Balaban J connectivity index is 1.79. The van der Waals surface area contributed by atoms with Crippen LogP contribution in [0.15, 0.2) is 12.4 Å². The molecule has 25 heavy (non-hydrogen) atoms. The Hall–Kier alpha value is -1.35. The van der Waals surface area contributed by atoms with Crippen LogP contribution in [0, 0.1) is 5.92 Å². The first-order chi connectivity index (χ1) is 11.4. The predicted octanol–water partition coefficient (Wildman–Crippen LogP) is 2.55. The molecule has 3 rings (SSSR count). The van der Waals surface area contributed by atoms with Gasteiger partial charge in [-0.2, -0.15) is 13.2 Å². The molecule has 2 atom stereocenters. The summed E-state index contributed by atoms with van der Waals surface area (Å²) in [6.07, 6.45) is -1.26. The lowest BCUT2D eigenvalue weighted by Gasteiger charge is -2.32. The second-order valence-electron chi connectivity index (χ2n) is 7.96. The summed E-state index contributed by atoms with van der Waals surface area (Å²) in [7, 11) is -0.630. The van der Waals surface area contributed by atoms with Crippen molar-refractivity contribution < 1.29 is 22.5 Å². The Morgan fingerprint density at radius 2 is 1.64 bits per heavy atom. The monoisotopic (exact) mass is 357 g/mol. The van der Waals surface area contributed by atoms with Crippen molar-refractivity contribution in [2.75, 3.05) is 11.4 Å². The van der Waals surface area contributed by atoms with Crippen molar-refractivity contribution in [3.8, 4) is 0 Å². The van der Waals surface area contributed by atoms with Crippen molar-refractivity contribution >= 4 is 18.5 Å². The van der Waals surface area contributed by atoms with Gasteiger partial charge in [0.25, 0.3) is 0 Å². The molecule has 0 spiro atoms. The van der Waals surface area contributed by atoms with E-state index >= 15 is 0 Å². The number of nitrogens with zero attached hydrogens (tertiary/aromatic N) is 3. The van der Waals surface area contributed by atoms with E-state index in [0.717, 1.165) is 0 Å². The summed E-state index contributed by atoms with van der Waals surface area (Å²) in [4.78, 5) is 9.54. The molecule has 0 N–H and O–H groups in total. The van der Waals surface area contributed by atoms with Gasteiger partial charge in [-0.15, -0.1) is 0 Å². The first-order valence-corrected chi connectivity index (χ1v) is 8.42. The number of anilines is 1. The molecule has 2 aliphatic rings. The molecule has 2 fully saturated rings. The zero-order valence-electron chi connectivity index (χ0n) is 15.1. The van der Waals surface area contributed by atoms with Crippen molar-refractivity contribution in [1.29, 1.82) is 0 Å². The zero-order valence-corrected chi connectivity index (χ0v) is 15.1. The number of rotatable bonds is 2. The Morgan fingerprint density at radius 1 is 1.12 bits per heavy atom. The molecule has 0 amide bonds. The summed E-state index contributed by atoms with van der Waals surface area (Å²) in [6, 6.07) is -1.54. The third-order valence-electron chi connectivity index (χ3n) is 5.33. The van der Waals surface area contributed by atoms with E-state index in [1.165, 1.54) is 17.3 Å². The zero-order chi connectivity index (χ0) is 18.6. The molecular weight excluding hydrogens is 334 g/mol. The van der Waals surface area contributed by atoms with Crippen LogP contribution in [0.5, 0.6) is 0 Å². The number of hydrogen-bond donors (Lipinski definition) is 0. The summed E-state index contributed by atoms with van der Waals surface area (Å²) in [5.74, 6) is 0.0324. The van der Waals surface area contributed by atoms with Gasteiger partial charge < -0.3 is 14.2 Å². The van der Waals surface area contributed by atoms with Gasteiger partial charge in [0.15, 0.2) is 0 Å². The van der Waals surface area contributed by atoms with Gasteiger partial charge in [0, 0.05) is 24.4 Å². The van der Waals surface area contributed by atoms with E-state index in [0.29, 0.717) is 12.0 Å². The van der Waals surface area contributed by atoms with E-state index < -0.39 is 30.5 Å². The van der Waals surface area contributed by atoms with Crippen LogP contribution in [-0.4, -0.2) is 47.1 Å². The molecule has 0 aromatic carbocycles. The highest BCUT2D eigenvalue weighted by Gasteiger charge is 2.52. The lowest BCUT2D eigenvalue weighted by atomic mass is 9.81. The van der Waals surface area contributed by atoms with Crippen LogP contribution in [0.1, 0.15) is 41.0 Å². The van der Waals surface area contributed by atoms with Crippen LogP contribution in [0.4, 0.5) is 19.1 Å². The first kappa shape index (κ1) is 18.4. The Morgan fingerprint density at radius 3 is 2.12 bits per heavy atom. The molecule has 1 aromatic heterocycles. The maximum Gasteiger partial charge on any atom is 0.498 e. The van der Waals surface area contributed by atoms with E-state index in [1.807, 2.05) is 27.7 Å². The molecule has 9 heteroatoms. The maximum atomic E-state index is 13.2. The molecule has 1 aromatic rings. The Kier molecular flexibility index (Phi) is 4.31. The van der Waals surface area contributed by atoms with Crippen molar-refractivity contribution in [2.45, 2.75) is 64.5 Å². The molecule has 2 saturated heterocycles. The van der Waals surface area contributed by atoms with Crippen LogP contribution in [0.25, 0.3) is 0 Å². The van der Waals surface area contributed by atoms with Crippen molar-refractivity contribution in [1.82, 2.24) is 9.97 Å². The maximum absolute atomic E-state index is 13.2. The molecule has 2 aliphatic heterocycles. The molecule has 1 unspecified atom stereocenters. The topological polar surface area (TPSA) is 47.5 Å². The van der Waals surface area contributed by atoms with Gasteiger partial charge in [0.1, 0.15) is 6.04 Å². The minimum Gasteiger partial charge on any atom is -0.399 e. The number of halogens is 3. The number of hydrogen-bond acceptors (Lipinski definition) is 5. The molecular formula is C16H23BF3N3O2. The van der Waals surface area contributed by atoms with Crippen LogP contribution >= 0.6 is 0 Å². The Bertz CT molecular complexity index is 621. The van der Waals surface area contributed by atoms with Crippen LogP contribution in [-0.2, 0) is 9.31 Å². The molecule has 5 nitrogen and oxygen atoms in total. The largest absolute Gasteiger partial charge is 0.498 e. The average Bonchev–Trinajstić information content (AvgIpc) is 2.97. The molecule has 3 heterocycles. The van der Waals surface area contributed by atoms with Crippen molar-refractivity contribution in [3.05, 3.63) is 12.4 Å². The fourth-order valence-electron chi connectivity index (χ4n) is 3.16. The number of aromatic nitrogens is 2. The predicted molar refractivity (Wildman–Crippen MR) is 88.7 cm³/mol. The van der Waals surface area contributed by atoms with Gasteiger partial charge in [-0.3, -0.25) is 0 Å². The van der Waals surface area contributed by atoms with Gasteiger partial charge in [0.05, 0.1) is 11.2 Å². The fourth-order valence-corrected chi connectivity index (χ4v) is 3.16. The van der Waals surface area contributed by atoms with E-state index in [-0.39, 0.29) is 18.3 Å². The van der Waals surface area contributed by atoms with E-state index in [1.54, 1.807) is 6.92 Å². The van der Waals surface area contributed by atoms with E-state index in [2.05, 4.69) is 9.97 Å². The fraction of sp³-hybridized carbons (Fsp3) is 0.750. The van der Waals surface area contributed by atoms with Crippen LogP contribution in [0.3, 0.4) is 0 Å². The van der Waals surface area contributed by atoms with E-state index in [9.17, 15) is 13.2 Å². The average molecular weight is 357 g/mol. The minimum absolute atomic E-state index is 0.0574. The normalized spacial score (nSPS) is 28.6. The lowest BCUT2D eigenvalue weighted by Crippen LogP contribution is -2.42. The quantitative estimate of drug-likeness (QED) is 0.762. The summed E-state index contributed by atoms with van der Waals surface area (Å²) < 4.78 is 51.5. The molecule has 0 radical (unpaired) electrons. The standard InChI is InChI=1S/C16H23BF3N3O2/c1-10-6-12(16(18,19)20)23(9-10)13-21-7-11(8-22-13)17-24-14(2,3)15(4,5)25-17/h7-8,10,12H,6,9H2,1-5H3/t10?,12-/m1/s1. The molecule has 0 bridgehead atoms. The summed E-state index contributed by atoms with van der Waals surface area (Å²) in [5, 5.41) is 0. The molecule has 0 saturated carbocycles. The first-order valence-electron chi connectivity index (χ1n) is 8.42. The van der Waals surface area contributed by atoms with Crippen molar-refractivity contribution in [3.63, 3.8) is 0 Å². The summed E-state index contributed by atoms with van der Waals surface area (Å²) >= 11 is 0. The number of alkyl halides is 3. The SMILES string of the molecule is CC1C[C@H](C(F)(F)F)N(c2ncc(B3OC(C)(C)C(C)(C)O3)cn2)C1. The third-order valence-corrected chi connectivity index (χ3v) is 5.33. The van der Waals surface area contributed by atoms with Crippen molar-refractivity contribution in [2.24, 2.45) is 5.92 Å². The summed E-state index contributed by atoms with van der Waals surface area (Å²) in [6.45, 7) is 9.82. The van der Waals surface area contributed by atoms with Crippen LogP contribution in [0.2, 0.25) is 0 Å². The second kappa shape index (κ2) is 5.84. The van der Waals surface area contributed by atoms with Gasteiger partial charge in [-0.1, -0.05) is 6.92 Å². The van der Waals surface area contributed by atoms with Crippen LogP contribution < -0.4 is 10.4 Å². The highest BCUT2D eigenvalue weighted by Crippen LogP contribution is 2.38. The highest BCUT2D eigenvalue weighted by atomic mass is 19.4. The molecule has 138 valence electrons. The minimum atomic E-state index is -4.29. The smallest absolute Gasteiger partial charge is 0.399 e. The van der Waals surface area contributed by atoms with Gasteiger partial charge in [-0.25, -0.2) is 9.97 Å². The highest BCUT2D eigenvalue weighted by molar-refractivity contribution is 6.61. The molecule has 0 aliphatic carbocycles. The summed E-state index contributed by atoms with van der Waals surface area (Å²) in [5.41, 5.74) is -0.400. The third kappa shape index (κ3) is 3.36. The lowest BCUT2D eigenvalue weighted by molar-refractivity contribution is -0.146. The van der Waals surface area contributed by atoms with Gasteiger partial charge >= 0.3 is 13.3 Å². The van der Waals surface area contributed by atoms with Gasteiger partial charge in [0.2, 0.25) is 5.95 Å². The Labute approximate surface area is 146 Å². The van der Waals surface area contributed by atoms with Gasteiger partial charge in [-0.05, 0) is 40.0 Å². The second-order valence-corrected chi connectivity index (χ2v) is 7.96. The van der Waals surface area contributed by atoms with E-state index in [4.69, 9.17) is 9.31 Å².